The van der Waals surface area contributed by atoms with Gasteiger partial charge in [-0.05, 0) is 43.7 Å². The first-order valence-corrected chi connectivity index (χ1v) is 9.51. The molecule has 7 heteroatoms. The molecule has 3 aromatic rings. The Labute approximate surface area is 168 Å². The first kappa shape index (κ1) is 18.9. The lowest BCUT2D eigenvalue weighted by atomic mass is 10.1. The number of para-hydroxylation sites is 1. The summed E-state index contributed by atoms with van der Waals surface area (Å²) in [4.78, 5) is 25.9. The van der Waals surface area contributed by atoms with Gasteiger partial charge < -0.3 is 24.7 Å². The van der Waals surface area contributed by atoms with Crippen molar-refractivity contribution in [2.45, 2.75) is 25.9 Å². The molecule has 0 saturated heterocycles. The van der Waals surface area contributed by atoms with E-state index in [9.17, 15) is 9.59 Å². The normalized spacial score (nSPS) is 15.1. The second-order valence-electron chi connectivity index (χ2n) is 7.24. The van der Waals surface area contributed by atoms with Crippen LogP contribution >= 0.6 is 0 Å². The highest BCUT2D eigenvalue weighted by Crippen LogP contribution is 2.31. The SMILES string of the molecule is CC(NC(=O)N(C)C(C)c1cc2ccccc2o1)c1ccc2c(c1)NC(=O)CO2. The van der Waals surface area contributed by atoms with Crippen LogP contribution in [0.1, 0.15) is 37.3 Å². The highest BCUT2D eigenvalue weighted by Gasteiger charge is 2.23. The molecule has 2 aromatic carbocycles. The number of amides is 3. The Kier molecular flexibility index (Phi) is 4.88. The lowest BCUT2D eigenvalue weighted by Gasteiger charge is -2.26. The highest BCUT2D eigenvalue weighted by molar-refractivity contribution is 5.95. The average molecular weight is 393 g/mol. The molecule has 2 unspecified atom stereocenters. The topological polar surface area (TPSA) is 83.8 Å². The minimum Gasteiger partial charge on any atom is -0.482 e. The molecule has 0 fully saturated rings. The fourth-order valence-electron chi connectivity index (χ4n) is 3.32. The van der Waals surface area contributed by atoms with Crippen molar-refractivity contribution < 1.29 is 18.7 Å². The number of nitrogens with zero attached hydrogens (tertiary/aromatic N) is 1. The Bertz CT molecular complexity index is 1040. The van der Waals surface area contributed by atoms with Crippen LogP contribution in [0.4, 0.5) is 10.5 Å². The zero-order valence-corrected chi connectivity index (χ0v) is 16.6. The van der Waals surface area contributed by atoms with Crippen LogP contribution in [0.15, 0.2) is 52.9 Å². The first-order valence-electron chi connectivity index (χ1n) is 9.51. The van der Waals surface area contributed by atoms with Gasteiger partial charge >= 0.3 is 6.03 Å². The molecule has 0 spiro atoms. The summed E-state index contributed by atoms with van der Waals surface area (Å²) >= 11 is 0. The minimum atomic E-state index is -0.253. The van der Waals surface area contributed by atoms with Crippen LogP contribution in [0.3, 0.4) is 0 Å². The Hall–Kier alpha value is -3.48. The molecule has 0 saturated carbocycles. The van der Waals surface area contributed by atoms with E-state index in [1.54, 1.807) is 18.0 Å². The maximum absolute atomic E-state index is 12.8. The monoisotopic (exact) mass is 393 g/mol. The van der Waals surface area contributed by atoms with Gasteiger partial charge in [-0.1, -0.05) is 24.3 Å². The van der Waals surface area contributed by atoms with Gasteiger partial charge in [-0.15, -0.1) is 0 Å². The molecular formula is C22H23N3O4. The fourth-order valence-corrected chi connectivity index (χ4v) is 3.32. The maximum Gasteiger partial charge on any atom is 0.318 e. The van der Waals surface area contributed by atoms with Crippen molar-refractivity contribution in [3.8, 4) is 5.75 Å². The van der Waals surface area contributed by atoms with Gasteiger partial charge in [0.25, 0.3) is 5.91 Å². The second-order valence-corrected chi connectivity index (χ2v) is 7.24. The van der Waals surface area contributed by atoms with Crippen LogP contribution in [0, 0.1) is 0 Å². The predicted octanol–water partition coefficient (Wildman–Crippen LogP) is 4.23. The summed E-state index contributed by atoms with van der Waals surface area (Å²) in [7, 11) is 1.74. The minimum absolute atomic E-state index is 0.0170. The lowest BCUT2D eigenvalue weighted by Crippen LogP contribution is -2.39. The summed E-state index contributed by atoms with van der Waals surface area (Å²) in [5, 5.41) is 6.78. The van der Waals surface area contributed by atoms with Crippen LogP contribution in [-0.4, -0.2) is 30.5 Å². The number of fused-ring (bicyclic) bond motifs is 2. The van der Waals surface area contributed by atoms with Crippen molar-refractivity contribution in [2.75, 3.05) is 19.0 Å². The standard InChI is InChI=1S/C22H23N3O4/c1-13(15-8-9-19-17(10-15)24-21(26)12-28-19)23-22(27)25(3)14(2)20-11-16-6-4-5-7-18(16)29-20/h4-11,13-14H,12H2,1-3H3,(H,23,27)(H,24,26). The molecule has 1 aromatic heterocycles. The van der Waals surface area contributed by atoms with Gasteiger partial charge in [-0.2, -0.15) is 0 Å². The van der Waals surface area contributed by atoms with Gasteiger partial charge in [0.2, 0.25) is 0 Å². The summed E-state index contributed by atoms with van der Waals surface area (Å²) in [6.07, 6.45) is 0. The molecule has 29 heavy (non-hydrogen) atoms. The number of carbonyl (C=O) groups is 2. The summed E-state index contributed by atoms with van der Waals surface area (Å²) in [6, 6.07) is 14.5. The van der Waals surface area contributed by atoms with Gasteiger partial charge in [-0.25, -0.2) is 4.79 Å². The maximum atomic E-state index is 12.8. The molecule has 2 N–H and O–H groups in total. The number of hydrogen-bond donors (Lipinski definition) is 2. The average Bonchev–Trinajstić information content (AvgIpc) is 3.16. The van der Waals surface area contributed by atoms with Crippen molar-refractivity contribution in [1.29, 1.82) is 0 Å². The number of nitrogens with one attached hydrogen (secondary N) is 2. The van der Waals surface area contributed by atoms with Crippen molar-refractivity contribution in [3.05, 3.63) is 59.9 Å². The van der Waals surface area contributed by atoms with E-state index >= 15 is 0 Å². The lowest BCUT2D eigenvalue weighted by molar-refractivity contribution is -0.118. The highest BCUT2D eigenvalue weighted by atomic mass is 16.5. The Morgan fingerprint density at radius 1 is 1.17 bits per heavy atom. The number of anilines is 1. The van der Waals surface area contributed by atoms with E-state index in [2.05, 4.69) is 10.6 Å². The van der Waals surface area contributed by atoms with Crippen molar-refractivity contribution >= 4 is 28.6 Å². The zero-order chi connectivity index (χ0) is 20.5. The third kappa shape index (κ3) is 3.76. The van der Waals surface area contributed by atoms with E-state index in [1.165, 1.54) is 0 Å². The van der Waals surface area contributed by atoms with Gasteiger partial charge in [0.05, 0.1) is 17.8 Å². The van der Waals surface area contributed by atoms with Crippen molar-refractivity contribution in [2.24, 2.45) is 0 Å². The number of rotatable bonds is 4. The largest absolute Gasteiger partial charge is 0.482 e. The van der Waals surface area contributed by atoms with E-state index < -0.39 is 0 Å². The van der Waals surface area contributed by atoms with Crippen LogP contribution in [0.2, 0.25) is 0 Å². The molecule has 3 amide bonds. The summed E-state index contributed by atoms with van der Waals surface area (Å²) in [5.74, 6) is 1.17. The molecule has 2 atom stereocenters. The van der Waals surface area contributed by atoms with Gasteiger partial charge in [0, 0.05) is 12.4 Å². The van der Waals surface area contributed by atoms with Crippen molar-refractivity contribution in [1.82, 2.24) is 10.2 Å². The Morgan fingerprint density at radius 3 is 2.76 bits per heavy atom. The van der Waals surface area contributed by atoms with E-state index in [0.717, 1.165) is 22.3 Å². The third-order valence-corrected chi connectivity index (χ3v) is 5.23. The van der Waals surface area contributed by atoms with E-state index in [1.807, 2.05) is 56.3 Å². The van der Waals surface area contributed by atoms with Crippen LogP contribution < -0.4 is 15.4 Å². The van der Waals surface area contributed by atoms with Crippen molar-refractivity contribution in [3.63, 3.8) is 0 Å². The van der Waals surface area contributed by atoms with Gasteiger partial charge in [0.1, 0.15) is 17.1 Å². The molecule has 1 aliphatic heterocycles. The van der Waals surface area contributed by atoms with Gasteiger partial charge in [0.15, 0.2) is 6.61 Å². The molecule has 4 rings (SSSR count). The zero-order valence-electron chi connectivity index (χ0n) is 16.6. The first-order chi connectivity index (χ1) is 13.9. The third-order valence-electron chi connectivity index (χ3n) is 5.23. The number of hydrogen-bond acceptors (Lipinski definition) is 4. The van der Waals surface area contributed by atoms with Crippen LogP contribution in [0.25, 0.3) is 11.0 Å². The molecule has 2 heterocycles. The van der Waals surface area contributed by atoms with Gasteiger partial charge in [-0.3, -0.25) is 4.79 Å². The summed E-state index contributed by atoms with van der Waals surface area (Å²) in [6.45, 7) is 3.83. The smallest absolute Gasteiger partial charge is 0.318 e. The fraction of sp³-hybridized carbons (Fsp3) is 0.273. The summed E-state index contributed by atoms with van der Waals surface area (Å²) in [5.41, 5.74) is 2.28. The molecule has 7 nitrogen and oxygen atoms in total. The van der Waals surface area contributed by atoms with E-state index in [0.29, 0.717) is 11.4 Å². The number of benzene rings is 2. The number of carbonyl (C=O) groups excluding carboxylic acids is 2. The summed E-state index contributed by atoms with van der Waals surface area (Å²) < 4.78 is 11.3. The van der Waals surface area contributed by atoms with E-state index in [-0.39, 0.29) is 30.6 Å². The van der Waals surface area contributed by atoms with E-state index in [4.69, 9.17) is 9.15 Å². The molecule has 1 aliphatic rings. The van der Waals surface area contributed by atoms with Crippen LogP contribution in [-0.2, 0) is 4.79 Å². The quantitative estimate of drug-likeness (QED) is 0.695. The van der Waals surface area contributed by atoms with Crippen LogP contribution in [0.5, 0.6) is 5.75 Å². The molecule has 0 bridgehead atoms. The Morgan fingerprint density at radius 2 is 1.97 bits per heavy atom. The second kappa shape index (κ2) is 7.50. The predicted molar refractivity (Wildman–Crippen MR) is 110 cm³/mol. The molecule has 0 aliphatic carbocycles. The Balaban J connectivity index is 1.45. The number of urea groups is 1. The number of furan rings is 1. The molecule has 0 radical (unpaired) electrons. The molecule has 150 valence electrons. The molecular weight excluding hydrogens is 370 g/mol. The number of ether oxygens (including phenoxy) is 1.